The van der Waals surface area contributed by atoms with Crippen LogP contribution in [0.4, 0.5) is 0 Å². The van der Waals surface area contributed by atoms with Crippen LogP contribution in [0.5, 0.6) is 5.75 Å². The third-order valence-corrected chi connectivity index (χ3v) is 2.32. The third-order valence-electron chi connectivity index (χ3n) is 2.32. The zero-order valence-electron chi connectivity index (χ0n) is 9.88. The first-order valence-corrected chi connectivity index (χ1v) is 5.40. The summed E-state index contributed by atoms with van der Waals surface area (Å²) in [6, 6.07) is 10.6. The number of hydrogen-bond acceptors (Lipinski definition) is 3. The zero-order valence-corrected chi connectivity index (χ0v) is 9.88. The van der Waals surface area contributed by atoms with Crippen LogP contribution in [0.2, 0.25) is 0 Å². The number of aromatic nitrogens is 1. The number of aromatic amines is 1. The molecular weight excluding hydrogens is 230 g/mol. The average molecular weight is 243 g/mol. The predicted octanol–water partition coefficient (Wildman–Crippen LogP) is 1.79. The first-order valence-electron chi connectivity index (χ1n) is 5.40. The lowest BCUT2D eigenvalue weighted by Crippen LogP contribution is -2.17. The Morgan fingerprint density at radius 1 is 1.39 bits per heavy atom. The van der Waals surface area contributed by atoms with E-state index in [2.05, 4.69) is 15.5 Å². The SMILES string of the molecule is COc1cccc(C(=O)NN=Cc2ccc[nH]2)c1. The number of hydrazone groups is 1. The van der Waals surface area contributed by atoms with Crippen LogP contribution in [0.1, 0.15) is 16.1 Å². The molecule has 5 heteroatoms. The summed E-state index contributed by atoms with van der Waals surface area (Å²) < 4.78 is 5.04. The number of ether oxygens (including phenoxy) is 1. The second kappa shape index (κ2) is 5.67. The van der Waals surface area contributed by atoms with E-state index in [9.17, 15) is 4.79 Å². The van der Waals surface area contributed by atoms with Crippen LogP contribution in [0, 0.1) is 0 Å². The molecule has 5 nitrogen and oxygen atoms in total. The summed E-state index contributed by atoms with van der Waals surface area (Å²) in [5.41, 5.74) is 3.76. The van der Waals surface area contributed by atoms with E-state index in [0.29, 0.717) is 11.3 Å². The molecule has 0 atom stereocenters. The van der Waals surface area contributed by atoms with Gasteiger partial charge in [-0.15, -0.1) is 0 Å². The van der Waals surface area contributed by atoms with Crippen LogP contribution in [0.3, 0.4) is 0 Å². The molecule has 0 aliphatic rings. The molecule has 0 aliphatic heterocycles. The molecule has 2 N–H and O–H groups in total. The molecule has 0 fully saturated rings. The standard InChI is InChI=1S/C13H13N3O2/c1-18-12-6-2-4-10(8-12)13(17)16-15-9-11-5-3-7-14-11/h2-9,14H,1H3,(H,16,17). The molecule has 2 aromatic rings. The smallest absolute Gasteiger partial charge is 0.271 e. The molecule has 1 aromatic heterocycles. The van der Waals surface area contributed by atoms with Gasteiger partial charge >= 0.3 is 0 Å². The van der Waals surface area contributed by atoms with Gasteiger partial charge in [0.25, 0.3) is 5.91 Å². The summed E-state index contributed by atoms with van der Waals surface area (Å²) in [6.07, 6.45) is 3.32. The largest absolute Gasteiger partial charge is 0.497 e. The van der Waals surface area contributed by atoms with Gasteiger partial charge in [0.05, 0.1) is 19.0 Å². The highest BCUT2D eigenvalue weighted by molar-refractivity contribution is 5.95. The molecule has 0 aliphatic carbocycles. The van der Waals surface area contributed by atoms with Gasteiger partial charge < -0.3 is 9.72 Å². The van der Waals surface area contributed by atoms with E-state index in [1.165, 1.54) is 6.21 Å². The van der Waals surface area contributed by atoms with Crippen LogP contribution < -0.4 is 10.2 Å². The zero-order chi connectivity index (χ0) is 12.8. The summed E-state index contributed by atoms with van der Waals surface area (Å²) in [4.78, 5) is 14.7. The molecule has 92 valence electrons. The van der Waals surface area contributed by atoms with Crippen molar-refractivity contribution in [3.8, 4) is 5.75 Å². The average Bonchev–Trinajstić information content (AvgIpc) is 2.92. The van der Waals surface area contributed by atoms with Crippen LogP contribution in [0.15, 0.2) is 47.7 Å². The molecule has 1 heterocycles. The van der Waals surface area contributed by atoms with Crippen molar-refractivity contribution in [1.82, 2.24) is 10.4 Å². The van der Waals surface area contributed by atoms with Crippen LogP contribution in [-0.2, 0) is 0 Å². The fourth-order valence-electron chi connectivity index (χ4n) is 1.41. The predicted molar refractivity (Wildman–Crippen MR) is 68.8 cm³/mol. The number of nitrogens with one attached hydrogen (secondary N) is 2. The van der Waals surface area contributed by atoms with Gasteiger partial charge in [0.15, 0.2) is 0 Å². The van der Waals surface area contributed by atoms with E-state index >= 15 is 0 Å². The molecular formula is C13H13N3O2. The Morgan fingerprint density at radius 3 is 3.00 bits per heavy atom. The summed E-state index contributed by atoms with van der Waals surface area (Å²) >= 11 is 0. The van der Waals surface area contributed by atoms with Gasteiger partial charge in [-0.05, 0) is 30.3 Å². The number of carbonyl (C=O) groups excluding carboxylic acids is 1. The second-order valence-electron chi connectivity index (χ2n) is 3.56. The lowest BCUT2D eigenvalue weighted by atomic mass is 10.2. The van der Waals surface area contributed by atoms with Crippen LogP contribution >= 0.6 is 0 Å². The maximum Gasteiger partial charge on any atom is 0.271 e. The van der Waals surface area contributed by atoms with Gasteiger partial charge in [-0.3, -0.25) is 4.79 Å². The number of nitrogens with zero attached hydrogens (tertiary/aromatic N) is 1. The number of methoxy groups -OCH3 is 1. The number of amides is 1. The summed E-state index contributed by atoms with van der Waals surface area (Å²) in [7, 11) is 1.56. The highest BCUT2D eigenvalue weighted by Crippen LogP contribution is 2.12. The maximum atomic E-state index is 11.8. The van der Waals surface area contributed by atoms with Crippen molar-refractivity contribution in [3.05, 3.63) is 53.9 Å². The van der Waals surface area contributed by atoms with E-state index in [1.54, 1.807) is 37.6 Å². The van der Waals surface area contributed by atoms with Gasteiger partial charge in [-0.2, -0.15) is 5.10 Å². The molecule has 0 saturated carbocycles. The summed E-state index contributed by atoms with van der Waals surface area (Å²) in [5.74, 6) is 0.354. The first-order chi connectivity index (χ1) is 8.79. The van der Waals surface area contributed by atoms with E-state index < -0.39 is 0 Å². The van der Waals surface area contributed by atoms with E-state index in [-0.39, 0.29) is 5.91 Å². The van der Waals surface area contributed by atoms with Crippen molar-refractivity contribution in [1.29, 1.82) is 0 Å². The summed E-state index contributed by atoms with van der Waals surface area (Å²) in [6.45, 7) is 0. The molecule has 18 heavy (non-hydrogen) atoms. The van der Waals surface area contributed by atoms with Gasteiger partial charge in [-0.1, -0.05) is 6.07 Å². The highest BCUT2D eigenvalue weighted by Gasteiger charge is 2.04. The molecule has 0 bridgehead atoms. The lowest BCUT2D eigenvalue weighted by molar-refractivity contribution is 0.0955. The highest BCUT2D eigenvalue weighted by atomic mass is 16.5. The third kappa shape index (κ3) is 2.98. The Kier molecular flexibility index (Phi) is 3.76. The molecule has 0 radical (unpaired) electrons. The molecule has 0 spiro atoms. The van der Waals surface area contributed by atoms with Gasteiger partial charge in [0, 0.05) is 11.8 Å². The molecule has 0 unspecified atom stereocenters. The van der Waals surface area contributed by atoms with Crippen molar-refractivity contribution in [2.45, 2.75) is 0 Å². The van der Waals surface area contributed by atoms with Crippen LogP contribution in [-0.4, -0.2) is 24.2 Å². The van der Waals surface area contributed by atoms with E-state index in [4.69, 9.17) is 4.74 Å². The topological polar surface area (TPSA) is 66.5 Å². The Bertz CT molecular complexity index is 547. The number of carbonyl (C=O) groups is 1. The Hall–Kier alpha value is -2.56. The molecule has 1 aromatic carbocycles. The van der Waals surface area contributed by atoms with Gasteiger partial charge in [0.2, 0.25) is 0 Å². The van der Waals surface area contributed by atoms with E-state index in [1.807, 2.05) is 12.1 Å². The number of rotatable bonds is 4. The Morgan fingerprint density at radius 2 is 2.28 bits per heavy atom. The number of H-pyrrole nitrogens is 1. The molecule has 1 amide bonds. The van der Waals surface area contributed by atoms with Crippen molar-refractivity contribution >= 4 is 12.1 Å². The quantitative estimate of drug-likeness (QED) is 0.635. The number of benzene rings is 1. The Balaban J connectivity index is 1.99. The van der Waals surface area contributed by atoms with Crippen molar-refractivity contribution in [3.63, 3.8) is 0 Å². The second-order valence-corrected chi connectivity index (χ2v) is 3.56. The summed E-state index contributed by atoms with van der Waals surface area (Å²) in [5, 5.41) is 3.85. The van der Waals surface area contributed by atoms with E-state index in [0.717, 1.165) is 5.69 Å². The molecule has 0 saturated heterocycles. The monoisotopic (exact) mass is 243 g/mol. The van der Waals surface area contributed by atoms with Gasteiger partial charge in [-0.25, -0.2) is 5.43 Å². The maximum absolute atomic E-state index is 11.8. The van der Waals surface area contributed by atoms with Gasteiger partial charge in [0.1, 0.15) is 5.75 Å². The van der Waals surface area contributed by atoms with Crippen LogP contribution in [0.25, 0.3) is 0 Å². The fraction of sp³-hybridized carbons (Fsp3) is 0.0769. The van der Waals surface area contributed by atoms with Crippen molar-refractivity contribution < 1.29 is 9.53 Å². The minimum atomic E-state index is -0.281. The minimum absolute atomic E-state index is 0.281. The fourth-order valence-corrected chi connectivity index (χ4v) is 1.41. The first kappa shape index (κ1) is 11.9. The van der Waals surface area contributed by atoms with Crippen molar-refractivity contribution in [2.24, 2.45) is 5.10 Å². The van der Waals surface area contributed by atoms with Crippen molar-refractivity contribution in [2.75, 3.05) is 7.11 Å². The lowest BCUT2D eigenvalue weighted by Gasteiger charge is -2.02. The minimum Gasteiger partial charge on any atom is -0.497 e. The number of hydrogen-bond donors (Lipinski definition) is 2. The molecule has 2 rings (SSSR count). The Labute approximate surface area is 104 Å². The normalized spacial score (nSPS) is 10.5.